The summed E-state index contributed by atoms with van der Waals surface area (Å²) in [6, 6.07) is 7.90. The molecule has 5 heteroatoms. The van der Waals surface area contributed by atoms with E-state index in [0.717, 1.165) is 24.3 Å². The van der Waals surface area contributed by atoms with E-state index in [1.807, 2.05) is 18.2 Å². The van der Waals surface area contributed by atoms with Crippen LogP contribution in [-0.4, -0.2) is 22.7 Å². The molecule has 2 aromatic rings. The third kappa shape index (κ3) is 2.99. The van der Waals surface area contributed by atoms with Crippen molar-refractivity contribution in [3.05, 3.63) is 47.3 Å². The number of fused-ring (bicyclic) bond motifs is 1. The molecular formula is C15H17N3O2. The summed E-state index contributed by atoms with van der Waals surface area (Å²) in [5, 5.41) is 9.38. The molecule has 0 fully saturated rings. The van der Waals surface area contributed by atoms with Gasteiger partial charge in [0.2, 0.25) is 0 Å². The van der Waals surface area contributed by atoms with Gasteiger partial charge in [0.1, 0.15) is 5.75 Å². The second-order valence-electron chi connectivity index (χ2n) is 4.93. The number of nitrogens with zero attached hydrogens (tertiary/aromatic N) is 1. The number of H-pyrrole nitrogens is 1. The first kappa shape index (κ1) is 12.7. The number of nitrogens with one attached hydrogen (secondary N) is 2. The fourth-order valence-electron chi connectivity index (χ4n) is 2.41. The van der Waals surface area contributed by atoms with Crippen molar-refractivity contribution in [1.82, 2.24) is 15.5 Å². The molecule has 0 aliphatic heterocycles. The zero-order chi connectivity index (χ0) is 13.8. The minimum Gasteiger partial charge on any atom is -0.484 e. The number of amides is 1. The molecule has 5 nitrogen and oxygen atoms in total. The fraction of sp³-hybridized carbons (Fsp3) is 0.333. The predicted octanol–water partition coefficient (Wildman–Crippen LogP) is 1.59. The summed E-state index contributed by atoms with van der Waals surface area (Å²) in [7, 11) is 0. The number of carbonyl (C=O) groups excluding carboxylic acids is 1. The highest BCUT2D eigenvalue weighted by Crippen LogP contribution is 2.25. The van der Waals surface area contributed by atoms with Gasteiger partial charge in [-0.15, -0.1) is 0 Å². The van der Waals surface area contributed by atoms with Gasteiger partial charge in [-0.05, 0) is 48.6 Å². The molecular weight excluding hydrogens is 254 g/mol. The van der Waals surface area contributed by atoms with Crippen LogP contribution in [0.4, 0.5) is 0 Å². The number of aryl methyl sites for hydroxylation is 2. The number of benzene rings is 1. The number of carbonyl (C=O) groups is 1. The number of aromatic nitrogens is 2. The summed E-state index contributed by atoms with van der Waals surface area (Å²) in [6.45, 7) is 0.472. The van der Waals surface area contributed by atoms with E-state index < -0.39 is 0 Å². The van der Waals surface area contributed by atoms with E-state index in [-0.39, 0.29) is 12.5 Å². The van der Waals surface area contributed by atoms with E-state index in [1.165, 1.54) is 17.5 Å². The van der Waals surface area contributed by atoms with Gasteiger partial charge >= 0.3 is 0 Å². The van der Waals surface area contributed by atoms with Crippen LogP contribution in [0.1, 0.15) is 23.2 Å². The Labute approximate surface area is 117 Å². The Hall–Kier alpha value is -2.30. The molecule has 104 valence electrons. The lowest BCUT2D eigenvalue weighted by atomic mass is 10.1. The summed E-state index contributed by atoms with van der Waals surface area (Å²) in [5.41, 5.74) is 3.62. The maximum Gasteiger partial charge on any atom is 0.258 e. The first-order valence-corrected chi connectivity index (χ1v) is 6.81. The van der Waals surface area contributed by atoms with Crippen LogP contribution in [0.25, 0.3) is 0 Å². The SMILES string of the molecule is O=C(COc1ccc2c(c1)CCC2)NCc1ccn[nH]1. The van der Waals surface area contributed by atoms with E-state index in [2.05, 4.69) is 21.6 Å². The molecule has 3 rings (SSSR count). The zero-order valence-corrected chi connectivity index (χ0v) is 11.2. The highest BCUT2D eigenvalue weighted by Gasteiger charge is 2.11. The average Bonchev–Trinajstić information content (AvgIpc) is 3.13. The molecule has 2 N–H and O–H groups in total. The Balaban J connectivity index is 1.48. The van der Waals surface area contributed by atoms with E-state index in [1.54, 1.807) is 6.20 Å². The van der Waals surface area contributed by atoms with Crippen LogP contribution in [0.3, 0.4) is 0 Å². The first-order chi connectivity index (χ1) is 9.81. The number of hydrogen-bond donors (Lipinski definition) is 2. The molecule has 0 radical (unpaired) electrons. The van der Waals surface area contributed by atoms with Crippen molar-refractivity contribution in [2.45, 2.75) is 25.8 Å². The van der Waals surface area contributed by atoms with Crippen LogP contribution in [-0.2, 0) is 24.2 Å². The molecule has 1 amide bonds. The van der Waals surface area contributed by atoms with Gasteiger partial charge < -0.3 is 10.1 Å². The summed E-state index contributed by atoms with van der Waals surface area (Å²) in [5.74, 6) is 0.627. The molecule has 1 aromatic carbocycles. The molecule has 1 heterocycles. The van der Waals surface area contributed by atoms with Crippen LogP contribution in [0.15, 0.2) is 30.5 Å². The van der Waals surface area contributed by atoms with Gasteiger partial charge in [0.25, 0.3) is 5.91 Å². The Kier molecular flexibility index (Phi) is 3.67. The van der Waals surface area contributed by atoms with Crippen LogP contribution < -0.4 is 10.1 Å². The molecule has 1 aromatic heterocycles. The fourth-order valence-corrected chi connectivity index (χ4v) is 2.41. The topological polar surface area (TPSA) is 67.0 Å². The lowest BCUT2D eigenvalue weighted by Gasteiger charge is -2.08. The lowest BCUT2D eigenvalue weighted by molar-refractivity contribution is -0.123. The van der Waals surface area contributed by atoms with Gasteiger partial charge in [-0.2, -0.15) is 5.10 Å². The zero-order valence-electron chi connectivity index (χ0n) is 11.2. The second-order valence-corrected chi connectivity index (χ2v) is 4.93. The minimum absolute atomic E-state index is 0.0346. The molecule has 0 unspecified atom stereocenters. The normalized spacial score (nSPS) is 13.0. The van der Waals surface area contributed by atoms with Crippen LogP contribution in [0, 0.1) is 0 Å². The number of hydrogen-bond acceptors (Lipinski definition) is 3. The van der Waals surface area contributed by atoms with Crippen molar-refractivity contribution in [2.75, 3.05) is 6.61 Å². The molecule has 0 atom stereocenters. The lowest BCUT2D eigenvalue weighted by Crippen LogP contribution is -2.28. The quantitative estimate of drug-likeness (QED) is 0.868. The summed E-state index contributed by atoms with van der Waals surface area (Å²) in [6.07, 6.45) is 5.13. The summed E-state index contributed by atoms with van der Waals surface area (Å²) < 4.78 is 5.53. The van der Waals surface area contributed by atoms with Gasteiger partial charge in [0.05, 0.1) is 12.2 Å². The Bertz CT molecular complexity index is 593. The number of ether oxygens (including phenoxy) is 1. The maximum absolute atomic E-state index is 11.7. The maximum atomic E-state index is 11.7. The number of aromatic amines is 1. The van der Waals surface area contributed by atoms with Crippen molar-refractivity contribution < 1.29 is 9.53 Å². The van der Waals surface area contributed by atoms with Crippen LogP contribution in [0.5, 0.6) is 5.75 Å². The molecule has 20 heavy (non-hydrogen) atoms. The second kappa shape index (κ2) is 5.77. The van der Waals surface area contributed by atoms with Gasteiger partial charge in [-0.3, -0.25) is 9.89 Å². The molecule has 0 saturated heterocycles. The van der Waals surface area contributed by atoms with Gasteiger partial charge in [0.15, 0.2) is 6.61 Å². The Morgan fingerprint density at radius 1 is 1.30 bits per heavy atom. The van der Waals surface area contributed by atoms with E-state index in [0.29, 0.717) is 6.54 Å². The standard InChI is InChI=1S/C15H17N3O2/c19-15(16-9-13-6-7-17-18-13)10-20-14-5-4-11-2-1-3-12(11)8-14/h4-8H,1-3,9-10H2,(H,16,19)(H,17,18). The summed E-state index contributed by atoms with van der Waals surface area (Å²) >= 11 is 0. The Morgan fingerprint density at radius 3 is 3.05 bits per heavy atom. The minimum atomic E-state index is -0.139. The summed E-state index contributed by atoms with van der Waals surface area (Å²) in [4.78, 5) is 11.7. The predicted molar refractivity (Wildman–Crippen MR) is 74.4 cm³/mol. The van der Waals surface area contributed by atoms with Gasteiger partial charge in [-0.25, -0.2) is 0 Å². The molecule has 0 bridgehead atoms. The molecule has 0 spiro atoms. The van der Waals surface area contributed by atoms with Crippen molar-refractivity contribution in [3.8, 4) is 5.75 Å². The van der Waals surface area contributed by atoms with E-state index in [9.17, 15) is 4.79 Å². The Morgan fingerprint density at radius 2 is 2.20 bits per heavy atom. The van der Waals surface area contributed by atoms with Crippen molar-refractivity contribution in [2.24, 2.45) is 0 Å². The molecule has 1 aliphatic rings. The van der Waals surface area contributed by atoms with Crippen molar-refractivity contribution >= 4 is 5.91 Å². The first-order valence-electron chi connectivity index (χ1n) is 6.81. The largest absolute Gasteiger partial charge is 0.484 e. The highest BCUT2D eigenvalue weighted by atomic mass is 16.5. The van der Waals surface area contributed by atoms with Crippen LogP contribution in [0.2, 0.25) is 0 Å². The number of rotatable bonds is 5. The molecule has 0 saturated carbocycles. The highest BCUT2D eigenvalue weighted by molar-refractivity contribution is 5.77. The van der Waals surface area contributed by atoms with E-state index >= 15 is 0 Å². The monoisotopic (exact) mass is 271 g/mol. The average molecular weight is 271 g/mol. The van der Waals surface area contributed by atoms with Crippen molar-refractivity contribution in [1.29, 1.82) is 0 Å². The third-order valence-electron chi connectivity index (χ3n) is 3.47. The van der Waals surface area contributed by atoms with E-state index in [4.69, 9.17) is 4.74 Å². The van der Waals surface area contributed by atoms with Crippen LogP contribution >= 0.6 is 0 Å². The van der Waals surface area contributed by atoms with Crippen molar-refractivity contribution in [3.63, 3.8) is 0 Å². The van der Waals surface area contributed by atoms with Gasteiger partial charge in [-0.1, -0.05) is 6.07 Å². The smallest absolute Gasteiger partial charge is 0.258 e. The third-order valence-corrected chi connectivity index (χ3v) is 3.47. The van der Waals surface area contributed by atoms with Gasteiger partial charge in [0, 0.05) is 6.20 Å². The molecule has 1 aliphatic carbocycles.